The zero-order valence-electron chi connectivity index (χ0n) is 9.56. The highest BCUT2D eigenvalue weighted by atomic mass is 32.2. The van der Waals surface area contributed by atoms with Gasteiger partial charge in [-0.1, -0.05) is 6.07 Å². The standard InChI is InChI=1S/C12H15FO3S/c1-2-16-11(12(14)15)6-7-17-10-5-3-4-9(13)8-10/h3-5,8,11H,2,6-7H2,1H3,(H,14,15). The van der Waals surface area contributed by atoms with Crippen molar-refractivity contribution in [3.8, 4) is 0 Å². The molecule has 1 atom stereocenters. The maximum absolute atomic E-state index is 12.9. The lowest BCUT2D eigenvalue weighted by Crippen LogP contribution is -2.24. The molecule has 0 aliphatic carbocycles. The monoisotopic (exact) mass is 258 g/mol. The number of thioether (sulfide) groups is 1. The number of carboxylic acids is 1. The number of rotatable bonds is 7. The second-order valence-electron chi connectivity index (χ2n) is 3.38. The zero-order valence-corrected chi connectivity index (χ0v) is 10.4. The van der Waals surface area contributed by atoms with E-state index >= 15 is 0 Å². The molecule has 94 valence electrons. The van der Waals surface area contributed by atoms with Crippen LogP contribution in [-0.4, -0.2) is 29.5 Å². The smallest absolute Gasteiger partial charge is 0.332 e. The van der Waals surface area contributed by atoms with E-state index in [0.717, 1.165) is 4.90 Å². The molecule has 3 nitrogen and oxygen atoms in total. The van der Waals surface area contributed by atoms with E-state index in [-0.39, 0.29) is 5.82 Å². The summed E-state index contributed by atoms with van der Waals surface area (Å²) in [4.78, 5) is 11.6. The van der Waals surface area contributed by atoms with E-state index in [9.17, 15) is 9.18 Å². The molecule has 1 N–H and O–H groups in total. The van der Waals surface area contributed by atoms with E-state index in [0.29, 0.717) is 18.8 Å². The van der Waals surface area contributed by atoms with Gasteiger partial charge in [-0.3, -0.25) is 0 Å². The number of carbonyl (C=O) groups is 1. The molecule has 0 aliphatic heterocycles. The third-order valence-electron chi connectivity index (χ3n) is 2.09. The Balaban J connectivity index is 2.38. The number of hydrogen-bond acceptors (Lipinski definition) is 3. The van der Waals surface area contributed by atoms with Gasteiger partial charge in [-0.05, 0) is 31.5 Å². The van der Waals surface area contributed by atoms with E-state index in [1.807, 2.05) is 0 Å². The number of ether oxygens (including phenoxy) is 1. The van der Waals surface area contributed by atoms with Gasteiger partial charge in [0.15, 0.2) is 6.10 Å². The van der Waals surface area contributed by atoms with E-state index < -0.39 is 12.1 Å². The van der Waals surface area contributed by atoms with Gasteiger partial charge in [0.1, 0.15) is 5.82 Å². The highest BCUT2D eigenvalue weighted by Crippen LogP contribution is 2.20. The summed E-state index contributed by atoms with van der Waals surface area (Å²) in [5.74, 6) is -0.651. The largest absolute Gasteiger partial charge is 0.479 e. The van der Waals surface area contributed by atoms with Crippen LogP contribution in [-0.2, 0) is 9.53 Å². The molecule has 0 radical (unpaired) electrons. The maximum Gasteiger partial charge on any atom is 0.332 e. The van der Waals surface area contributed by atoms with Gasteiger partial charge in [-0.2, -0.15) is 0 Å². The molecule has 0 bridgehead atoms. The highest BCUT2D eigenvalue weighted by Gasteiger charge is 2.16. The average molecular weight is 258 g/mol. The predicted octanol–water partition coefficient (Wildman–Crippen LogP) is 2.80. The van der Waals surface area contributed by atoms with Crippen molar-refractivity contribution in [2.75, 3.05) is 12.4 Å². The molecular weight excluding hydrogens is 243 g/mol. The quantitative estimate of drug-likeness (QED) is 0.764. The van der Waals surface area contributed by atoms with Crippen molar-refractivity contribution in [2.45, 2.75) is 24.3 Å². The van der Waals surface area contributed by atoms with Crippen LogP contribution in [0, 0.1) is 5.82 Å². The van der Waals surface area contributed by atoms with Crippen molar-refractivity contribution >= 4 is 17.7 Å². The maximum atomic E-state index is 12.9. The number of benzene rings is 1. The first-order chi connectivity index (χ1) is 8.13. The molecule has 0 saturated heterocycles. The fourth-order valence-electron chi connectivity index (χ4n) is 1.32. The summed E-state index contributed by atoms with van der Waals surface area (Å²) in [6.45, 7) is 2.14. The lowest BCUT2D eigenvalue weighted by atomic mass is 10.3. The summed E-state index contributed by atoms with van der Waals surface area (Å²) in [6.07, 6.45) is -0.370. The van der Waals surface area contributed by atoms with Gasteiger partial charge in [0.25, 0.3) is 0 Å². The van der Waals surface area contributed by atoms with Crippen LogP contribution >= 0.6 is 11.8 Å². The predicted molar refractivity (Wildman–Crippen MR) is 64.8 cm³/mol. The number of carboxylic acid groups (broad SMARTS) is 1. The first-order valence-corrected chi connectivity index (χ1v) is 6.34. The lowest BCUT2D eigenvalue weighted by Gasteiger charge is -2.11. The molecule has 0 spiro atoms. The minimum atomic E-state index is -0.952. The molecule has 1 aromatic carbocycles. The van der Waals surface area contributed by atoms with E-state index in [1.165, 1.54) is 23.9 Å². The fraction of sp³-hybridized carbons (Fsp3) is 0.417. The number of aliphatic carboxylic acids is 1. The Kier molecular flexibility index (Phi) is 6.00. The van der Waals surface area contributed by atoms with Crippen molar-refractivity contribution < 1.29 is 19.0 Å². The molecule has 0 aliphatic rings. The van der Waals surface area contributed by atoms with E-state index in [4.69, 9.17) is 9.84 Å². The topological polar surface area (TPSA) is 46.5 Å². The molecular formula is C12H15FO3S. The Bertz CT molecular complexity index is 371. The van der Waals surface area contributed by atoms with Crippen molar-refractivity contribution in [3.05, 3.63) is 30.1 Å². The van der Waals surface area contributed by atoms with Crippen LogP contribution in [0.1, 0.15) is 13.3 Å². The molecule has 0 heterocycles. The minimum absolute atomic E-state index is 0.283. The van der Waals surface area contributed by atoms with Crippen LogP contribution in [0.3, 0.4) is 0 Å². The first kappa shape index (κ1) is 14.0. The van der Waals surface area contributed by atoms with Crippen LogP contribution < -0.4 is 0 Å². The summed E-state index contributed by atoms with van der Waals surface area (Å²) in [5, 5.41) is 8.85. The Morgan fingerprint density at radius 1 is 1.59 bits per heavy atom. The molecule has 5 heteroatoms. The Hall–Kier alpha value is -1.07. The molecule has 17 heavy (non-hydrogen) atoms. The summed E-state index contributed by atoms with van der Waals surface area (Å²) in [5.41, 5.74) is 0. The second kappa shape index (κ2) is 7.29. The lowest BCUT2D eigenvalue weighted by molar-refractivity contribution is -0.150. The summed E-state index contributed by atoms with van der Waals surface area (Å²) >= 11 is 1.42. The van der Waals surface area contributed by atoms with Crippen LogP contribution in [0.25, 0.3) is 0 Å². The Morgan fingerprint density at radius 3 is 2.94 bits per heavy atom. The van der Waals surface area contributed by atoms with Crippen LogP contribution in [0.4, 0.5) is 4.39 Å². The van der Waals surface area contributed by atoms with Gasteiger partial charge in [0.2, 0.25) is 0 Å². The van der Waals surface area contributed by atoms with E-state index in [1.54, 1.807) is 19.1 Å². The zero-order chi connectivity index (χ0) is 12.7. The molecule has 1 aromatic rings. The summed E-state index contributed by atoms with van der Waals surface area (Å²) in [6, 6.07) is 6.24. The van der Waals surface area contributed by atoms with Gasteiger partial charge in [0, 0.05) is 17.3 Å². The van der Waals surface area contributed by atoms with Crippen molar-refractivity contribution in [2.24, 2.45) is 0 Å². The van der Waals surface area contributed by atoms with Crippen molar-refractivity contribution in [3.63, 3.8) is 0 Å². The first-order valence-electron chi connectivity index (χ1n) is 5.36. The van der Waals surface area contributed by atoms with Gasteiger partial charge in [0.05, 0.1) is 0 Å². The van der Waals surface area contributed by atoms with Crippen LogP contribution in [0.5, 0.6) is 0 Å². The molecule has 1 rings (SSSR count). The third-order valence-corrected chi connectivity index (χ3v) is 3.12. The summed E-state index contributed by atoms with van der Waals surface area (Å²) < 4.78 is 17.9. The van der Waals surface area contributed by atoms with Gasteiger partial charge in [-0.25, -0.2) is 9.18 Å². The fourth-order valence-corrected chi connectivity index (χ4v) is 2.26. The minimum Gasteiger partial charge on any atom is -0.479 e. The van der Waals surface area contributed by atoms with Gasteiger partial charge in [-0.15, -0.1) is 11.8 Å². The molecule has 0 fully saturated rings. The van der Waals surface area contributed by atoms with Gasteiger partial charge < -0.3 is 9.84 Å². The second-order valence-corrected chi connectivity index (χ2v) is 4.55. The average Bonchev–Trinajstić information content (AvgIpc) is 2.28. The van der Waals surface area contributed by atoms with E-state index in [2.05, 4.69) is 0 Å². The molecule has 0 saturated carbocycles. The SMILES string of the molecule is CCOC(CCSc1cccc(F)c1)C(=O)O. The Labute approximate surface area is 104 Å². The summed E-state index contributed by atoms with van der Waals surface area (Å²) in [7, 11) is 0. The Morgan fingerprint density at radius 2 is 2.35 bits per heavy atom. The van der Waals surface area contributed by atoms with Crippen LogP contribution in [0.15, 0.2) is 29.2 Å². The molecule has 0 amide bonds. The number of hydrogen-bond donors (Lipinski definition) is 1. The van der Waals surface area contributed by atoms with Gasteiger partial charge >= 0.3 is 5.97 Å². The molecule has 1 unspecified atom stereocenters. The highest BCUT2D eigenvalue weighted by molar-refractivity contribution is 7.99. The van der Waals surface area contributed by atoms with Crippen molar-refractivity contribution in [1.82, 2.24) is 0 Å². The normalized spacial score (nSPS) is 12.4. The third kappa shape index (κ3) is 5.19. The van der Waals surface area contributed by atoms with Crippen molar-refractivity contribution in [1.29, 1.82) is 0 Å². The number of halogens is 1. The van der Waals surface area contributed by atoms with Crippen LogP contribution in [0.2, 0.25) is 0 Å². The molecule has 0 aromatic heterocycles.